The minimum atomic E-state index is -0.0686. The molecule has 0 aromatic carbocycles. The Labute approximate surface area is 92.2 Å². The van der Waals surface area contributed by atoms with Crippen LogP contribution in [-0.4, -0.2) is 30.4 Å². The average molecular weight is 213 g/mol. The van der Waals surface area contributed by atoms with E-state index in [1.54, 1.807) is 0 Å². The van der Waals surface area contributed by atoms with E-state index in [0.717, 1.165) is 31.5 Å². The highest BCUT2D eigenvalue weighted by molar-refractivity contribution is 5.77. The molecule has 3 unspecified atom stereocenters. The summed E-state index contributed by atoms with van der Waals surface area (Å²) in [4.78, 5) is 13.7. The Morgan fingerprint density at radius 1 is 1.47 bits per heavy atom. The van der Waals surface area contributed by atoms with Gasteiger partial charge in [0.1, 0.15) is 0 Å². The predicted octanol–water partition coefficient (Wildman–Crippen LogP) is 0.590. The van der Waals surface area contributed by atoms with Crippen molar-refractivity contribution in [2.24, 2.45) is 23.6 Å². The van der Waals surface area contributed by atoms with Gasteiger partial charge in [0.25, 0.3) is 0 Å². The van der Waals surface area contributed by atoms with Gasteiger partial charge in [-0.15, -0.1) is 0 Å². The van der Waals surface area contributed by atoms with Crippen molar-refractivity contribution in [1.29, 1.82) is 0 Å². The molecule has 1 heterocycles. The number of piperidine rings is 1. The molecule has 0 bridgehead atoms. The molecule has 88 valence electrons. The van der Waals surface area contributed by atoms with Gasteiger partial charge in [0, 0.05) is 25.6 Å². The molecular formula is C11H23N3O. The molecule has 1 rings (SSSR count). The van der Waals surface area contributed by atoms with Crippen molar-refractivity contribution in [1.82, 2.24) is 10.3 Å². The van der Waals surface area contributed by atoms with Crippen LogP contribution in [0.15, 0.2) is 0 Å². The first-order chi connectivity index (χ1) is 7.02. The fraction of sp³-hybridized carbons (Fsp3) is 0.909. The Kier molecular flexibility index (Phi) is 4.54. The Bertz CT molecular complexity index is 210. The van der Waals surface area contributed by atoms with Crippen LogP contribution < -0.4 is 11.3 Å². The van der Waals surface area contributed by atoms with Gasteiger partial charge >= 0.3 is 0 Å². The van der Waals surface area contributed by atoms with Gasteiger partial charge in [-0.1, -0.05) is 20.8 Å². The van der Waals surface area contributed by atoms with Crippen molar-refractivity contribution in [2.45, 2.75) is 27.2 Å². The molecule has 0 saturated carbocycles. The van der Waals surface area contributed by atoms with Crippen LogP contribution in [0.4, 0.5) is 0 Å². The smallest absolute Gasteiger partial charge is 0.237 e. The van der Waals surface area contributed by atoms with E-state index in [4.69, 9.17) is 5.84 Å². The summed E-state index contributed by atoms with van der Waals surface area (Å²) in [7, 11) is 0. The minimum Gasteiger partial charge on any atom is -0.302 e. The normalized spacial score (nSPS) is 29.9. The van der Waals surface area contributed by atoms with Gasteiger partial charge in [-0.25, -0.2) is 5.84 Å². The third kappa shape index (κ3) is 3.80. The molecule has 3 atom stereocenters. The fourth-order valence-electron chi connectivity index (χ4n) is 2.55. The second-order valence-electron chi connectivity index (χ2n) is 5.07. The zero-order chi connectivity index (χ0) is 11.4. The monoisotopic (exact) mass is 213 g/mol. The molecule has 1 aliphatic rings. The molecule has 1 amide bonds. The van der Waals surface area contributed by atoms with Gasteiger partial charge in [0.15, 0.2) is 0 Å². The van der Waals surface area contributed by atoms with Crippen LogP contribution in [0, 0.1) is 17.8 Å². The number of carbonyl (C=O) groups is 1. The summed E-state index contributed by atoms with van der Waals surface area (Å²) in [6.07, 6.45) is 1.30. The van der Waals surface area contributed by atoms with E-state index in [2.05, 4.69) is 24.2 Å². The first-order valence-corrected chi connectivity index (χ1v) is 5.75. The third-order valence-electron chi connectivity index (χ3n) is 3.07. The number of nitrogens with one attached hydrogen (secondary N) is 1. The molecule has 4 nitrogen and oxygen atoms in total. The second kappa shape index (κ2) is 5.47. The van der Waals surface area contributed by atoms with Gasteiger partial charge in [0.2, 0.25) is 5.91 Å². The topological polar surface area (TPSA) is 58.4 Å². The summed E-state index contributed by atoms with van der Waals surface area (Å²) in [6, 6.07) is 0. The maximum absolute atomic E-state index is 11.3. The van der Waals surface area contributed by atoms with Crippen LogP contribution in [0.5, 0.6) is 0 Å². The highest BCUT2D eigenvalue weighted by Crippen LogP contribution is 2.21. The minimum absolute atomic E-state index is 0.0208. The zero-order valence-electron chi connectivity index (χ0n) is 9.99. The van der Waals surface area contributed by atoms with Gasteiger partial charge in [0.05, 0.1) is 0 Å². The Morgan fingerprint density at radius 3 is 2.47 bits per heavy atom. The summed E-state index contributed by atoms with van der Waals surface area (Å²) in [5, 5.41) is 0. The summed E-state index contributed by atoms with van der Waals surface area (Å²) in [5.41, 5.74) is 2.21. The molecule has 15 heavy (non-hydrogen) atoms. The van der Waals surface area contributed by atoms with Crippen molar-refractivity contribution in [3.8, 4) is 0 Å². The molecule has 0 spiro atoms. The van der Waals surface area contributed by atoms with Gasteiger partial charge in [-0.2, -0.15) is 0 Å². The molecule has 1 aliphatic heterocycles. The highest BCUT2D eigenvalue weighted by Gasteiger charge is 2.24. The lowest BCUT2D eigenvalue weighted by atomic mass is 9.91. The number of nitrogens with two attached hydrogens (primary N) is 1. The lowest BCUT2D eigenvalue weighted by molar-refractivity contribution is -0.125. The maximum atomic E-state index is 11.3. The first kappa shape index (κ1) is 12.5. The largest absolute Gasteiger partial charge is 0.302 e. The van der Waals surface area contributed by atoms with Crippen molar-refractivity contribution in [2.75, 3.05) is 19.6 Å². The molecule has 1 fully saturated rings. The van der Waals surface area contributed by atoms with E-state index in [1.807, 2.05) is 6.92 Å². The molecule has 0 aromatic rings. The van der Waals surface area contributed by atoms with Crippen LogP contribution in [0.3, 0.4) is 0 Å². The number of hydrazine groups is 1. The number of carbonyl (C=O) groups excluding carboxylic acids is 1. The van der Waals surface area contributed by atoms with Crippen LogP contribution in [-0.2, 0) is 4.79 Å². The Morgan fingerprint density at radius 2 is 2.00 bits per heavy atom. The number of hydrogen-bond donors (Lipinski definition) is 2. The standard InChI is InChI=1S/C11H23N3O/c1-8-4-9(2)6-14(5-8)7-10(3)11(15)13-12/h8-10H,4-7,12H2,1-3H3,(H,13,15). The average Bonchev–Trinajstić information content (AvgIpc) is 2.14. The van der Waals surface area contributed by atoms with E-state index in [0.29, 0.717) is 0 Å². The van der Waals surface area contributed by atoms with Crippen molar-refractivity contribution in [3.05, 3.63) is 0 Å². The number of nitrogens with zero attached hydrogens (tertiary/aromatic N) is 1. The molecule has 0 radical (unpaired) electrons. The van der Waals surface area contributed by atoms with Crippen molar-refractivity contribution >= 4 is 5.91 Å². The number of rotatable bonds is 3. The molecule has 4 heteroatoms. The van der Waals surface area contributed by atoms with Crippen LogP contribution in [0.25, 0.3) is 0 Å². The Hall–Kier alpha value is -0.610. The highest BCUT2D eigenvalue weighted by atomic mass is 16.2. The SMILES string of the molecule is CC1CC(C)CN(CC(C)C(=O)NN)C1. The quantitative estimate of drug-likeness (QED) is 0.410. The summed E-state index contributed by atoms with van der Waals surface area (Å²) in [6.45, 7) is 9.50. The molecule has 1 saturated heterocycles. The van der Waals surface area contributed by atoms with E-state index in [-0.39, 0.29) is 11.8 Å². The van der Waals surface area contributed by atoms with Crippen LogP contribution >= 0.6 is 0 Å². The molecule has 0 aromatic heterocycles. The van der Waals surface area contributed by atoms with Gasteiger partial charge < -0.3 is 4.90 Å². The molecule has 0 aliphatic carbocycles. The van der Waals surface area contributed by atoms with Gasteiger partial charge in [-0.3, -0.25) is 10.2 Å². The van der Waals surface area contributed by atoms with E-state index < -0.39 is 0 Å². The Balaban J connectivity index is 2.40. The third-order valence-corrected chi connectivity index (χ3v) is 3.07. The number of hydrogen-bond acceptors (Lipinski definition) is 3. The van der Waals surface area contributed by atoms with E-state index >= 15 is 0 Å². The summed E-state index contributed by atoms with van der Waals surface area (Å²) in [5.74, 6) is 6.50. The van der Waals surface area contributed by atoms with Crippen molar-refractivity contribution < 1.29 is 4.79 Å². The van der Waals surface area contributed by atoms with E-state index in [1.165, 1.54) is 6.42 Å². The zero-order valence-corrected chi connectivity index (χ0v) is 9.99. The fourth-order valence-corrected chi connectivity index (χ4v) is 2.55. The van der Waals surface area contributed by atoms with Crippen LogP contribution in [0.2, 0.25) is 0 Å². The second-order valence-corrected chi connectivity index (χ2v) is 5.07. The molecule has 3 N–H and O–H groups in total. The number of amides is 1. The van der Waals surface area contributed by atoms with Crippen molar-refractivity contribution in [3.63, 3.8) is 0 Å². The lowest BCUT2D eigenvalue weighted by Gasteiger charge is -2.36. The number of likely N-dealkylation sites (tertiary alicyclic amines) is 1. The van der Waals surface area contributed by atoms with Gasteiger partial charge in [-0.05, 0) is 18.3 Å². The first-order valence-electron chi connectivity index (χ1n) is 5.75. The summed E-state index contributed by atoms with van der Waals surface area (Å²) < 4.78 is 0. The van der Waals surface area contributed by atoms with Crippen LogP contribution in [0.1, 0.15) is 27.2 Å². The predicted molar refractivity (Wildman–Crippen MR) is 60.9 cm³/mol. The maximum Gasteiger partial charge on any atom is 0.237 e. The lowest BCUT2D eigenvalue weighted by Crippen LogP contribution is -2.45. The summed E-state index contributed by atoms with van der Waals surface area (Å²) >= 11 is 0. The molecular weight excluding hydrogens is 190 g/mol. The van der Waals surface area contributed by atoms with E-state index in [9.17, 15) is 4.79 Å².